The number of nitrogens with zero attached hydrogens (tertiary/aromatic N) is 3. The molecule has 3 aliphatic rings. The molecule has 2 aromatic rings. The quantitative estimate of drug-likeness (QED) is 0.705. The van der Waals surface area contributed by atoms with Gasteiger partial charge in [-0.2, -0.15) is 0 Å². The molecule has 0 spiro atoms. The van der Waals surface area contributed by atoms with Crippen molar-refractivity contribution < 1.29 is 9.53 Å². The highest BCUT2D eigenvalue weighted by Gasteiger charge is 2.29. The van der Waals surface area contributed by atoms with Crippen LogP contribution in [0.2, 0.25) is 0 Å². The lowest BCUT2D eigenvalue weighted by atomic mass is 9.99. The number of allylic oxidation sites excluding steroid dienone is 1. The summed E-state index contributed by atoms with van der Waals surface area (Å²) in [6.07, 6.45) is 9.95. The summed E-state index contributed by atoms with van der Waals surface area (Å²) in [5, 5.41) is 4.58. The van der Waals surface area contributed by atoms with Gasteiger partial charge in [-0.3, -0.25) is 0 Å². The lowest BCUT2D eigenvalue weighted by Crippen LogP contribution is -2.48. The molecule has 5 rings (SSSR count). The average molecular weight is 449 g/mol. The molecule has 1 amide bonds. The smallest absolute Gasteiger partial charge is 0.410 e. The summed E-state index contributed by atoms with van der Waals surface area (Å²) in [5.74, 6) is 0.609. The number of ether oxygens (including phenoxy) is 1. The lowest BCUT2D eigenvalue weighted by molar-refractivity contribution is 0.0878. The zero-order valence-corrected chi connectivity index (χ0v) is 20.0. The van der Waals surface area contributed by atoms with Crippen molar-refractivity contribution in [3.05, 3.63) is 41.1 Å². The minimum atomic E-state index is -0.228. The van der Waals surface area contributed by atoms with Gasteiger partial charge in [-0.15, -0.1) is 0 Å². The molecule has 33 heavy (non-hydrogen) atoms. The van der Waals surface area contributed by atoms with Crippen LogP contribution in [-0.2, 0) is 13.0 Å². The second kappa shape index (κ2) is 9.72. The third kappa shape index (κ3) is 4.45. The molecule has 3 aliphatic heterocycles. The number of carbonyl (C=O) groups excluding carboxylic acids is 1. The van der Waals surface area contributed by atoms with Gasteiger partial charge in [-0.05, 0) is 75.4 Å². The minimum absolute atomic E-state index is 0.228. The fourth-order valence-corrected chi connectivity index (χ4v) is 5.73. The van der Waals surface area contributed by atoms with Gasteiger partial charge < -0.3 is 19.9 Å². The van der Waals surface area contributed by atoms with Crippen LogP contribution in [0.1, 0.15) is 69.2 Å². The summed E-state index contributed by atoms with van der Waals surface area (Å²) in [6.45, 7) is 9.13. The first-order chi connectivity index (χ1) is 16.2. The van der Waals surface area contributed by atoms with Crippen molar-refractivity contribution in [2.24, 2.45) is 0 Å². The maximum atomic E-state index is 12.9. The van der Waals surface area contributed by atoms with Crippen LogP contribution in [0.4, 0.5) is 4.79 Å². The van der Waals surface area contributed by atoms with Gasteiger partial charge in [0.15, 0.2) is 0 Å². The van der Waals surface area contributed by atoms with E-state index in [2.05, 4.69) is 30.1 Å². The second-order valence-electron chi connectivity index (χ2n) is 9.51. The van der Waals surface area contributed by atoms with Crippen LogP contribution < -0.4 is 10.1 Å². The molecule has 0 aliphatic carbocycles. The Morgan fingerprint density at radius 1 is 1.15 bits per heavy atom. The number of nitrogens with one attached hydrogen (secondary N) is 1. The first-order valence-electron chi connectivity index (χ1n) is 12.8. The van der Waals surface area contributed by atoms with E-state index in [-0.39, 0.29) is 6.09 Å². The van der Waals surface area contributed by atoms with E-state index in [9.17, 15) is 4.79 Å². The molecule has 2 saturated heterocycles. The van der Waals surface area contributed by atoms with Gasteiger partial charge in [0.05, 0.1) is 16.9 Å². The van der Waals surface area contributed by atoms with Crippen LogP contribution in [0.5, 0.6) is 5.75 Å². The number of carbonyl (C=O) groups is 1. The summed E-state index contributed by atoms with van der Waals surface area (Å²) in [7, 11) is 0. The van der Waals surface area contributed by atoms with Crippen LogP contribution in [0.25, 0.3) is 16.6 Å². The van der Waals surface area contributed by atoms with E-state index in [1.165, 1.54) is 43.5 Å². The zero-order chi connectivity index (χ0) is 22.8. The van der Waals surface area contributed by atoms with Gasteiger partial charge >= 0.3 is 6.09 Å². The molecule has 0 bridgehead atoms. The van der Waals surface area contributed by atoms with Crippen molar-refractivity contribution in [1.29, 1.82) is 0 Å². The SMILES string of the molecule is CC/C=C1\NCc2c1nc1ccc(OC(=O)N3CCC(N4CCCCC4)CC3)cc1c2CC. The predicted octanol–water partition coefficient (Wildman–Crippen LogP) is 5.10. The average Bonchev–Trinajstić information content (AvgIpc) is 3.25. The van der Waals surface area contributed by atoms with Gasteiger partial charge in [0.2, 0.25) is 0 Å². The number of rotatable bonds is 4. The van der Waals surface area contributed by atoms with Gasteiger partial charge in [-0.1, -0.05) is 26.3 Å². The molecule has 6 nitrogen and oxygen atoms in total. The number of hydrogen-bond donors (Lipinski definition) is 1. The number of amides is 1. The molecule has 6 heteroatoms. The van der Waals surface area contributed by atoms with Crippen LogP contribution in [0.3, 0.4) is 0 Å². The van der Waals surface area contributed by atoms with E-state index in [1.807, 2.05) is 23.1 Å². The van der Waals surface area contributed by atoms with Gasteiger partial charge in [0.1, 0.15) is 5.75 Å². The molecule has 0 unspecified atom stereocenters. The summed E-state index contributed by atoms with van der Waals surface area (Å²) in [5.41, 5.74) is 5.73. The van der Waals surface area contributed by atoms with E-state index in [0.29, 0.717) is 11.8 Å². The van der Waals surface area contributed by atoms with Crippen molar-refractivity contribution in [3.63, 3.8) is 0 Å². The maximum Gasteiger partial charge on any atom is 0.415 e. The van der Waals surface area contributed by atoms with E-state index < -0.39 is 0 Å². The molecule has 0 atom stereocenters. The Balaban J connectivity index is 1.29. The first-order valence-corrected chi connectivity index (χ1v) is 12.8. The van der Waals surface area contributed by atoms with E-state index in [4.69, 9.17) is 9.72 Å². The Bertz CT molecular complexity index is 1050. The molecule has 1 N–H and O–H groups in total. The van der Waals surface area contributed by atoms with Crippen molar-refractivity contribution in [2.45, 2.75) is 71.4 Å². The van der Waals surface area contributed by atoms with E-state index >= 15 is 0 Å². The molecule has 0 saturated carbocycles. The van der Waals surface area contributed by atoms with Crippen molar-refractivity contribution in [3.8, 4) is 5.75 Å². The molecule has 2 fully saturated rings. The fourth-order valence-electron chi connectivity index (χ4n) is 5.73. The van der Waals surface area contributed by atoms with Crippen molar-refractivity contribution in [1.82, 2.24) is 20.1 Å². The normalized spacial score (nSPS) is 20.8. The molecule has 0 radical (unpaired) electrons. The zero-order valence-electron chi connectivity index (χ0n) is 20.0. The maximum absolute atomic E-state index is 12.9. The minimum Gasteiger partial charge on any atom is -0.410 e. The van der Waals surface area contributed by atoms with Gasteiger partial charge in [-0.25, -0.2) is 9.78 Å². The number of fused-ring (bicyclic) bond motifs is 2. The molecule has 176 valence electrons. The first kappa shape index (κ1) is 22.2. The molecular formula is C27H36N4O2. The Morgan fingerprint density at radius 2 is 1.94 bits per heavy atom. The third-order valence-corrected chi connectivity index (χ3v) is 7.48. The van der Waals surface area contributed by atoms with Gasteiger partial charge in [0.25, 0.3) is 0 Å². The number of aryl methyl sites for hydroxylation is 1. The molecule has 1 aromatic heterocycles. The van der Waals surface area contributed by atoms with Crippen LogP contribution in [-0.4, -0.2) is 53.1 Å². The molecular weight excluding hydrogens is 412 g/mol. The van der Waals surface area contributed by atoms with Crippen LogP contribution in [0.15, 0.2) is 24.3 Å². The molecule has 1 aromatic carbocycles. The largest absolute Gasteiger partial charge is 0.415 e. The summed E-state index contributed by atoms with van der Waals surface area (Å²) < 4.78 is 5.84. The number of likely N-dealkylation sites (tertiary alicyclic amines) is 2. The predicted molar refractivity (Wildman–Crippen MR) is 132 cm³/mol. The number of benzene rings is 1. The fraction of sp³-hybridized carbons (Fsp3) is 0.556. The highest BCUT2D eigenvalue weighted by molar-refractivity contribution is 5.89. The number of aromatic nitrogens is 1. The van der Waals surface area contributed by atoms with Crippen LogP contribution >= 0.6 is 0 Å². The topological polar surface area (TPSA) is 57.7 Å². The van der Waals surface area contributed by atoms with E-state index in [1.54, 1.807) is 0 Å². The Morgan fingerprint density at radius 3 is 2.67 bits per heavy atom. The second-order valence-corrected chi connectivity index (χ2v) is 9.51. The third-order valence-electron chi connectivity index (χ3n) is 7.48. The molecule has 4 heterocycles. The summed E-state index contributed by atoms with van der Waals surface area (Å²) in [6, 6.07) is 6.49. The van der Waals surface area contributed by atoms with Gasteiger partial charge in [0, 0.05) is 36.6 Å². The van der Waals surface area contributed by atoms with Crippen molar-refractivity contribution >= 4 is 22.7 Å². The summed E-state index contributed by atoms with van der Waals surface area (Å²) in [4.78, 5) is 22.3. The van der Waals surface area contributed by atoms with Crippen molar-refractivity contribution in [2.75, 3.05) is 26.2 Å². The van der Waals surface area contributed by atoms with E-state index in [0.717, 1.165) is 67.6 Å². The number of piperidine rings is 2. The Kier molecular flexibility index (Phi) is 6.54. The Hall–Kier alpha value is -2.60. The van der Waals surface area contributed by atoms with Crippen LogP contribution in [0, 0.1) is 0 Å². The highest BCUT2D eigenvalue weighted by Crippen LogP contribution is 2.33. The standard InChI is InChI=1S/C27H36N4O2/c1-3-8-25-26-23(18-28-25)21(4-2)22-17-20(9-10-24(22)29-26)33-27(32)31-15-11-19(12-16-31)30-13-6-5-7-14-30/h8-10,17,19,28H,3-7,11-16,18H2,1-2H3/b25-8-. The monoisotopic (exact) mass is 448 g/mol. The number of hydrogen-bond acceptors (Lipinski definition) is 5. The number of pyridine rings is 1. The Labute approximate surface area is 197 Å². The lowest BCUT2D eigenvalue weighted by Gasteiger charge is -2.39. The highest BCUT2D eigenvalue weighted by atomic mass is 16.6. The summed E-state index contributed by atoms with van der Waals surface area (Å²) >= 11 is 0.